The van der Waals surface area contributed by atoms with Gasteiger partial charge in [-0.25, -0.2) is 0 Å². The van der Waals surface area contributed by atoms with Crippen molar-refractivity contribution in [3.63, 3.8) is 0 Å². The molecule has 1 heterocycles. The van der Waals surface area contributed by atoms with Crippen molar-refractivity contribution in [2.24, 2.45) is 0 Å². The molecule has 0 aliphatic heterocycles. The Kier molecular flexibility index (Phi) is 5.29. The molecule has 0 amide bonds. The van der Waals surface area contributed by atoms with E-state index in [1.54, 1.807) is 7.11 Å². The van der Waals surface area contributed by atoms with E-state index in [-0.39, 0.29) is 6.04 Å². The standard InChI is InChI=1S/C12H20N2O/c1-4-7-14-12(9-15-3)11-6-5-8-13-10(11)2/h5-6,8,12,14H,4,7,9H2,1-3H3. The Morgan fingerprint density at radius 1 is 1.53 bits per heavy atom. The van der Waals surface area contributed by atoms with Crippen molar-refractivity contribution in [1.29, 1.82) is 0 Å². The van der Waals surface area contributed by atoms with Gasteiger partial charge in [-0.3, -0.25) is 4.98 Å². The van der Waals surface area contributed by atoms with E-state index in [1.165, 1.54) is 5.56 Å². The fraction of sp³-hybridized carbons (Fsp3) is 0.583. The molecule has 0 saturated carbocycles. The summed E-state index contributed by atoms with van der Waals surface area (Å²) in [5.41, 5.74) is 2.30. The number of nitrogens with zero attached hydrogens (tertiary/aromatic N) is 1. The second-order valence-electron chi connectivity index (χ2n) is 3.64. The average molecular weight is 208 g/mol. The number of rotatable bonds is 6. The predicted octanol–water partition coefficient (Wildman–Crippen LogP) is 2.08. The van der Waals surface area contributed by atoms with E-state index < -0.39 is 0 Å². The van der Waals surface area contributed by atoms with Gasteiger partial charge >= 0.3 is 0 Å². The molecule has 1 N–H and O–H groups in total. The van der Waals surface area contributed by atoms with Crippen LogP contribution < -0.4 is 5.32 Å². The molecule has 0 saturated heterocycles. The number of hydrogen-bond acceptors (Lipinski definition) is 3. The van der Waals surface area contributed by atoms with E-state index in [2.05, 4.69) is 23.3 Å². The number of pyridine rings is 1. The van der Waals surface area contributed by atoms with Crippen LogP contribution in [0.4, 0.5) is 0 Å². The summed E-state index contributed by atoms with van der Waals surface area (Å²) in [4.78, 5) is 4.29. The molecule has 0 aliphatic rings. The molecule has 1 aromatic rings. The van der Waals surface area contributed by atoms with Gasteiger partial charge in [0.05, 0.1) is 12.6 Å². The third-order valence-electron chi connectivity index (χ3n) is 2.40. The predicted molar refractivity (Wildman–Crippen MR) is 61.9 cm³/mol. The van der Waals surface area contributed by atoms with Gasteiger partial charge in [-0.15, -0.1) is 0 Å². The highest BCUT2D eigenvalue weighted by molar-refractivity contribution is 5.22. The van der Waals surface area contributed by atoms with Crippen LogP contribution in [0.15, 0.2) is 18.3 Å². The van der Waals surface area contributed by atoms with Gasteiger partial charge in [-0.2, -0.15) is 0 Å². The maximum atomic E-state index is 5.22. The van der Waals surface area contributed by atoms with Gasteiger partial charge in [0.2, 0.25) is 0 Å². The van der Waals surface area contributed by atoms with Gasteiger partial charge in [0.25, 0.3) is 0 Å². The number of aryl methyl sites for hydroxylation is 1. The minimum Gasteiger partial charge on any atom is -0.383 e. The Morgan fingerprint density at radius 2 is 2.33 bits per heavy atom. The Labute approximate surface area is 91.9 Å². The smallest absolute Gasteiger partial charge is 0.0658 e. The highest BCUT2D eigenvalue weighted by Gasteiger charge is 2.12. The Bertz CT molecular complexity index is 289. The zero-order valence-electron chi connectivity index (χ0n) is 9.79. The monoisotopic (exact) mass is 208 g/mol. The van der Waals surface area contributed by atoms with Crippen LogP contribution in [0.25, 0.3) is 0 Å². The maximum Gasteiger partial charge on any atom is 0.0658 e. The van der Waals surface area contributed by atoms with Crippen LogP contribution in [-0.4, -0.2) is 25.2 Å². The fourth-order valence-corrected chi connectivity index (χ4v) is 1.61. The van der Waals surface area contributed by atoms with Crippen LogP contribution in [0.3, 0.4) is 0 Å². The van der Waals surface area contributed by atoms with Gasteiger partial charge in [-0.05, 0) is 31.5 Å². The molecule has 0 aromatic carbocycles. The van der Waals surface area contributed by atoms with Crippen LogP contribution >= 0.6 is 0 Å². The zero-order valence-corrected chi connectivity index (χ0v) is 9.79. The van der Waals surface area contributed by atoms with Crippen LogP contribution in [0.1, 0.15) is 30.6 Å². The molecular formula is C12H20N2O. The summed E-state index contributed by atoms with van der Waals surface area (Å²) in [6.07, 6.45) is 2.95. The van der Waals surface area contributed by atoms with E-state index in [0.29, 0.717) is 6.61 Å². The summed E-state index contributed by atoms with van der Waals surface area (Å²) < 4.78 is 5.22. The first kappa shape index (κ1) is 12.1. The van der Waals surface area contributed by atoms with E-state index in [0.717, 1.165) is 18.7 Å². The normalized spacial score (nSPS) is 12.7. The van der Waals surface area contributed by atoms with Crippen molar-refractivity contribution in [2.45, 2.75) is 26.3 Å². The van der Waals surface area contributed by atoms with Crippen molar-refractivity contribution in [3.8, 4) is 0 Å². The van der Waals surface area contributed by atoms with Gasteiger partial charge < -0.3 is 10.1 Å². The number of nitrogens with one attached hydrogen (secondary N) is 1. The number of ether oxygens (including phenoxy) is 1. The first-order valence-electron chi connectivity index (χ1n) is 5.43. The number of hydrogen-bond donors (Lipinski definition) is 1. The lowest BCUT2D eigenvalue weighted by Crippen LogP contribution is -2.26. The molecule has 15 heavy (non-hydrogen) atoms. The van der Waals surface area contributed by atoms with Crippen LogP contribution in [0.5, 0.6) is 0 Å². The second kappa shape index (κ2) is 6.53. The fourth-order valence-electron chi connectivity index (χ4n) is 1.61. The second-order valence-corrected chi connectivity index (χ2v) is 3.64. The molecule has 0 bridgehead atoms. The molecule has 1 rings (SSSR count). The molecule has 1 atom stereocenters. The maximum absolute atomic E-state index is 5.22. The lowest BCUT2D eigenvalue weighted by molar-refractivity contribution is 0.166. The van der Waals surface area contributed by atoms with Crippen LogP contribution in [-0.2, 0) is 4.74 Å². The molecular weight excluding hydrogens is 188 g/mol. The van der Waals surface area contributed by atoms with Crippen molar-refractivity contribution < 1.29 is 4.74 Å². The topological polar surface area (TPSA) is 34.1 Å². The Hall–Kier alpha value is -0.930. The molecule has 1 aromatic heterocycles. The third kappa shape index (κ3) is 3.61. The molecule has 1 unspecified atom stereocenters. The van der Waals surface area contributed by atoms with Crippen molar-refractivity contribution in [3.05, 3.63) is 29.6 Å². The van der Waals surface area contributed by atoms with Crippen molar-refractivity contribution in [2.75, 3.05) is 20.3 Å². The molecule has 84 valence electrons. The van der Waals surface area contributed by atoms with E-state index in [4.69, 9.17) is 4.74 Å². The molecule has 0 spiro atoms. The Balaban J connectivity index is 2.74. The Morgan fingerprint density at radius 3 is 2.93 bits per heavy atom. The summed E-state index contributed by atoms with van der Waals surface area (Å²) in [5.74, 6) is 0. The van der Waals surface area contributed by atoms with Crippen molar-refractivity contribution in [1.82, 2.24) is 10.3 Å². The quantitative estimate of drug-likeness (QED) is 0.777. The van der Waals surface area contributed by atoms with Crippen LogP contribution in [0, 0.1) is 6.92 Å². The zero-order chi connectivity index (χ0) is 11.1. The highest BCUT2D eigenvalue weighted by atomic mass is 16.5. The first-order valence-corrected chi connectivity index (χ1v) is 5.43. The third-order valence-corrected chi connectivity index (χ3v) is 2.40. The van der Waals surface area contributed by atoms with E-state index in [1.807, 2.05) is 19.2 Å². The first-order chi connectivity index (χ1) is 7.29. The summed E-state index contributed by atoms with van der Waals surface area (Å²) in [6.45, 7) is 5.88. The molecule has 3 heteroatoms. The largest absolute Gasteiger partial charge is 0.383 e. The number of methoxy groups -OCH3 is 1. The van der Waals surface area contributed by atoms with E-state index >= 15 is 0 Å². The SMILES string of the molecule is CCCNC(COC)c1cccnc1C. The van der Waals surface area contributed by atoms with Gasteiger partial charge in [0.1, 0.15) is 0 Å². The molecule has 3 nitrogen and oxygen atoms in total. The van der Waals surface area contributed by atoms with Gasteiger partial charge in [-0.1, -0.05) is 13.0 Å². The van der Waals surface area contributed by atoms with Gasteiger partial charge in [0, 0.05) is 19.0 Å². The molecule has 0 fully saturated rings. The molecule has 0 radical (unpaired) electrons. The van der Waals surface area contributed by atoms with Gasteiger partial charge in [0.15, 0.2) is 0 Å². The lowest BCUT2D eigenvalue weighted by Gasteiger charge is -2.19. The summed E-state index contributed by atoms with van der Waals surface area (Å²) in [5, 5.41) is 3.46. The minimum absolute atomic E-state index is 0.253. The highest BCUT2D eigenvalue weighted by Crippen LogP contribution is 2.15. The summed E-state index contributed by atoms with van der Waals surface area (Å²) in [7, 11) is 1.73. The van der Waals surface area contributed by atoms with E-state index in [9.17, 15) is 0 Å². The minimum atomic E-state index is 0.253. The average Bonchev–Trinajstić information content (AvgIpc) is 2.25. The summed E-state index contributed by atoms with van der Waals surface area (Å²) in [6, 6.07) is 4.33. The number of aromatic nitrogens is 1. The van der Waals surface area contributed by atoms with Crippen molar-refractivity contribution >= 4 is 0 Å². The lowest BCUT2D eigenvalue weighted by atomic mass is 10.1. The molecule has 0 aliphatic carbocycles. The summed E-state index contributed by atoms with van der Waals surface area (Å²) >= 11 is 0. The van der Waals surface area contributed by atoms with Crippen LogP contribution in [0.2, 0.25) is 0 Å².